The van der Waals surface area contributed by atoms with E-state index in [1.165, 1.54) is 19.1 Å². The number of halogens is 4. The lowest BCUT2D eigenvalue weighted by molar-refractivity contribution is -0.111. The van der Waals surface area contributed by atoms with Gasteiger partial charge in [-0.05, 0) is 56.9 Å². The zero-order chi connectivity index (χ0) is 42.7. The van der Waals surface area contributed by atoms with Crippen LogP contribution in [0.15, 0.2) is 49.1 Å². The molecule has 4 aromatic rings. The summed E-state index contributed by atoms with van der Waals surface area (Å²) in [6.45, 7) is 19.4. The fourth-order valence-corrected chi connectivity index (χ4v) is 8.80. The third-order valence-electron chi connectivity index (χ3n) is 11.5. The number of anilines is 4. The van der Waals surface area contributed by atoms with Crippen LogP contribution in [0.3, 0.4) is 0 Å². The molecule has 2 N–H and O–H groups in total. The zero-order valence-corrected chi connectivity index (χ0v) is 36.0. The van der Waals surface area contributed by atoms with Crippen molar-refractivity contribution in [3.63, 3.8) is 0 Å². The monoisotopic (exact) mass is 907 g/mol. The lowest BCUT2D eigenvalue weighted by Crippen LogP contribution is -2.59. The summed E-state index contributed by atoms with van der Waals surface area (Å²) >= 11 is 25.6. The van der Waals surface area contributed by atoms with E-state index in [4.69, 9.17) is 83.2 Å². The molecule has 1 amide bonds. The molecule has 0 radical (unpaired) electrons. The van der Waals surface area contributed by atoms with Crippen molar-refractivity contribution in [2.45, 2.75) is 56.8 Å². The van der Waals surface area contributed by atoms with Crippen LogP contribution in [0, 0.1) is 36.8 Å². The average molecular weight is 910 g/mol. The Bertz CT molecular complexity index is 2320. The van der Waals surface area contributed by atoms with Gasteiger partial charge in [-0.1, -0.05) is 65.0 Å². The third kappa shape index (κ3) is 9.94. The Morgan fingerprint density at radius 3 is 1.64 bits per heavy atom. The van der Waals surface area contributed by atoms with Crippen LogP contribution >= 0.6 is 46.4 Å². The molecule has 2 aromatic carbocycles. The van der Waals surface area contributed by atoms with Crippen molar-refractivity contribution in [3.8, 4) is 11.8 Å². The van der Waals surface area contributed by atoms with E-state index < -0.39 is 0 Å². The predicted octanol–water partition coefficient (Wildman–Crippen LogP) is 10.4. The number of fused-ring (bicyclic) bond motifs is 4. The molecular formula is C42H41Cl4N9O6. The van der Waals surface area contributed by atoms with Crippen molar-refractivity contribution in [1.82, 2.24) is 24.8 Å². The predicted molar refractivity (Wildman–Crippen MR) is 230 cm³/mol. The molecule has 2 aromatic heterocycles. The molecule has 19 heteroatoms. The van der Waals surface area contributed by atoms with E-state index in [0.717, 1.165) is 38.9 Å². The largest absolute Gasteiger partial charge is 0.472 e. The summed E-state index contributed by atoms with van der Waals surface area (Å²) in [5.41, 5.74) is 1.76. The number of carbonyl (C=O) groups is 1. The van der Waals surface area contributed by atoms with Crippen LogP contribution < -0.4 is 20.1 Å². The highest BCUT2D eigenvalue weighted by atomic mass is 35.5. The number of nitrogens with zero attached hydrogens (tertiary/aromatic N) is 7. The number of benzene rings is 2. The zero-order valence-electron chi connectivity index (χ0n) is 33.0. The van der Waals surface area contributed by atoms with Gasteiger partial charge in [-0.3, -0.25) is 0 Å². The van der Waals surface area contributed by atoms with E-state index in [2.05, 4.69) is 40.3 Å². The minimum Gasteiger partial charge on any atom is -0.472 e. The van der Waals surface area contributed by atoms with Gasteiger partial charge in [-0.2, -0.15) is 0 Å². The highest BCUT2D eigenvalue weighted by Gasteiger charge is 2.47. The van der Waals surface area contributed by atoms with Crippen molar-refractivity contribution in [3.05, 3.63) is 92.0 Å². The number of hydrogen-bond donors (Lipinski definition) is 2. The second kappa shape index (κ2) is 18.6. The maximum Gasteiger partial charge on any atom is 0.410 e. The summed E-state index contributed by atoms with van der Waals surface area (Å²) in [6, 6.07) is 9.89. The fourth-order valence-electron chi connectivity index (χ4n) is 7.98. The van der Waals surface area contributed by atoms with Gasteiger partial charge in [-0.25, -0.2) is 34.4 Å². The molecule has 4 unspecified atom stereocenters. The van der Waals surface area contributed by atoms with E-state index in [0.29, 0.717) is 93.5 Å². The maximum atomic E-state index is 12.6. The van der Waals surface area contributed by atoms with Crippen molar-refractivity contribution >= 4 is 86.9 Å². The number of likely N-dealkylation sites (tertiary alicyclic amines) is 1. The van der Waals surface area contributed by atoms with Crippen LogP contribution in [0.5, 0.6) is 11.8 Å². The average Bonchev–Trinajstić information content (AvgIpc) is 3.97. The molecule has 4 bridgehead atoms. The fraction of sp³-hybridized carbons (Fsp3) is 0.452. The van der Waals surface area contributed by atoms with Crippen molar-refractivity contribution in [2.24, 2.45) is 23.7 Å². The Morgan fingerprint density at radius 2 is 1.20 bits per heavy atom. The number of nitrogens with one attached hydrogen (secondary N) is 2. The van der Waals surface area contributed by atoms with Crippen molar-refractivity contribution in [2.75, 3.05) is 50.2 Å². The van der Waals surface area contributed by atoms with E-state index in [9.17, 15) is 4.79 Å². The molecular weight excluding hydrogens is 868 g/mol. The van der Waals surface area contributed by atoms with Crippen molar-refractivity contribution in [1.29, 1.82) is 0 Å². The Balaban J connectivity index is 0.000000173. The standard InChI is InChI=1S/C23H23Cl2N5O4.C19H18Cl2N4O2/c1-23(5-6-23)34-22(31)30-8-13-10-32-11-14(9-30)19(13)33-21-18(25)20(27-12-28-21)29-17-4-3-15(26-2)7-16(17)24;1-22-13-5-6-15(14(20)7-13)25-18-16(21)19(24-10-23-18)27-17-11-3-2-4-12(17)9-26-8-11/h3-4,7,12-14,19H,5-6,8-11H2,1H3,(H,27,28,29);5-7,10-12,17H,2-4,8-9H2,(H,23,24,25). The minimum atomic E-state index is -0.312. The highest BCUT2D eigenvalue weighted by Crippen LogP contribution is 2.42. The molecule has 2 aliphatic carbocycles. The number of ether oxygens (including phenoxy) is 5. The number of hydrogen-bond acceptors (Lipinski definition) is 12. The first-order valence-corrected chi connectivity index (χ1v) is 21.4. The van der Waals surface area contributed by atoms with Crippen LogP contribution in [-0.2, 0) is 14.2 Å². The van der Waals surface area contributed by atoms with Crippen LogP contribution in [-0.4, -0.2) is 88.3 Å². The summed E-state index contributed by atoms with van der Waals surface area (Å²) in [6.07, 6.45) is 7.57. The van der Waals surface area contributed by atoms with Crippen molar-refractivity contribution < 1.29 is 28.5 Å². The Hall–Kier alpha value is -4.87. The number of carbonyl (C=O) groups excluding carboxylic acids is 1. The summed E-state index contributed by atoms with van der Waals surface area (Å²) in [7, 11) is 0. The summed E-state index contributed by atoms with van der Waals surface area (Å²) in [5.74, 6) is 2.03. The van der Waals surface area contributed by atoms with Gasteiger partial charge < -0.3 is 39.2 Å². The van der Waals surface area contributed by atoms with Crippen LogP contribution in [0.4, 0.5) is 39.2 Å². The normalized spacial score (nSPS) is 24.4. The number of amides is 1. The SMILES string of the molecule is [C-]#[N+]c1ccc(Nc2ncnc(OC3C4CCCC3COC4)c2Cl)c(Cl)c1.[C-]#[N+]c1ccc(Nc2ncnc(OC3C4COCC3CN(C(=O)OC3(C)CC3)C4)c2Cl)c(Cl)c1. The molecule has 3 saturated heterocycles. The summed E-state index contributed by atoms with van der Waals surface area (Å²) in [5, 5.41) is 7.49. The van der Waals surface area contributed by atoms with Gasteiger partial charge in [0.05, 0.1) is 61.0 Å². The topological polar surface area (TPSA) is 151 Å². The Morgan fingerprint density at radius 1 is 0.738 bits per heavy atom. The molecule has 9 rings (SSSR count). The maximum absolute atomic E-state index is 12.6. The molecule has 4 atom stereocenters. The Labute approximate surface area is 372 Å². The van der Waals surface area contributed by atoms with Crippen LogP contribution in [0.25, 0.3) is 9.69 Å². The molecule has 318 valence electrons. The smallest absolute Gasteiger partial charge is 0.410 e. The molecule has 2 saturated carbocycles. The van der Waals surface area contributed by atoms with Gasteiger partial charge in [0.25, 0.3) is 0 Å². The second-order valence-electron chi connectivity index (χ2n) is 15.9. The molecule has 3 aliphatic heterocycles. The molecule has 5 heterocycles. The molecule has 61 heavy (non-hydrogen) atoms. The first-order valence-electron chi connectivity index (χ1n) is 19.9. The van der Waals surface area contributed by atoms with E-state index >= 15 is 0 Å². The van der Waals surface area contributed by atoms with Gasteiger partial charge in [0.15, 0.2) is 23.0 Å². The highest BCUT2D eigenvalue weighted by molar-refractivity contribution is 6.36. The molecule has 0 spiro atoms. The third-order valence-corrected chi connectivity index (χ3v) is 12.8. The second-order valence-corrected chi connectivity index (χ2v) is 17.5. The number of piperidine rings is 1. The van der Waals surface area contributed by atoms with Crippen LogP contribution in [0.1, 0.15) is 39.0 Å². The van der Waals surface area contributed by atoms with Gasteiger partial charge >= 0.3 is 6.09 Å². The van der Waals surface area contributed by atoms with E-state index in [1.807, 2.05) is 6.92 Å². The minimum absolute atomic E-state index is 0.0369. The lowest BCUT2D eigenvalue weighted by atomic mass is 9.78. The van der Waals surface area contributed by atoms with E-state index in [1.54, 1.807) is 41.3 Å². The Kier molecular flexibility index (Phi) is 13.1. The van der Waals surface area contributed by atoms with E-state index in [-0.39, 0.29) is 46.6 Å². The van der Waals surface area contributed by atoms with Crippen LogP contribution in [0.2, 0.25) is 20.1 Å². The lowest BCUT2D eigenvalue weighted by Gasteiger charge is -2.46. The molecule has 5 fully saturated rings. The molecule has 5 aliphatic rings. The first kappa shape index (κ1) is 42.8. The summed E-state index contributed by atoms with van der Waals surface area (Å²) in [4.78, 5) is 38.0. The van der Waals surface area contributed by atoms with Gasteiger partial charge in [0.1, 0.15) is 40.5 Å². The first-order chi connectivity index (χ1) is 29.5. The quantitative estimate of drug-likeness (QED) is 0.154. The summed E-state index contributed by atoms with van der Waals surface area (Å²) < 4.78 is 29.6. The number of rotatable bonds is 9. The number of aromatic nitrogens is 4. The van der Waals surface area contributed by atoms with Gasteiger partial charge in [0.2, 0.25) is 11.8 Å². The van der Waals surface area contributed by atoms with Gasteiger partial charge in [0, 0.05) is 36.8 Å². The van der Waals surface area contributed by atoms with Gasteiger partial charge in [-0.15, -0.1) is 0 Å². The molecule has 15 nitrogen and oxygen atoms in total.